The molecule has 98 valence electrons. The molecule has 6 nitrogen and oxygen atoms in total. The number of hydrogen-bond donors (Lipinski definition) is 3. The molecule has 7 heteroatoms. The van der Waals surface area contributed by atoms with Crippen molar-refractivity contribution in [3.8, 4) is 0 Å². The van der Waals surface area contributed by atoms with Crippen LogP contribution in [0.25, 0.3) is 11.2 Å². The Balaban J connectivity index is 1.89. The largest absolute Gasteiger partial charge is 0.396 e. The van der Waals surface area contributed by atoms with E-state index >= 15 is 0 Å². The molecule has 0 bridgehead atoms. The molecular weight excluding hydrogens is 254 g/mol. The number of nitrogens with zero attached hydrogens (tertiary/aromatic N) is 3. The standard InChI is InChI=1S/C11H16ClN5O/c12-11-16-9(8-10(17-11)15-7-14-8)13-5-3-1-2-4-6-18/h7,18H,1-6H2,(H2,13,14,15,16,17). The molecule has 0 spiro atoms. The Bertz CT molecular complexity index is 501. The number of aromatic amines is 1. The highest BCUT2D eigenvalue weighted by molar-refractivity contribution is 6.28. The van der Waals surface area contributed by atoms with Gasteiger partial charge in [0.05, 0.1) is 6.33 Å². The third kappa shape index (κ3) is 3.30. The fourth-order valence-corrected chi connectivity index (χ4v) is 1.90. The Morgan fingerprint density at radius 2 is 2.06 bits per heavy atom. The van der Waals surface area contributed by atoms with Gasteiger partial charge in [0.2, 0.25) is 5.28 Å². The molecule has 0 saturated heterocycles. The topological polar surface area (TPSA) is 86.7 Å². The summed E-state index contributed by atoms with van der Waals surface area (Å²) >= 11 is 5.82. The van der Waals surface area contributed by atoms with Crippen LogP contribution in [0.2, 0.25) is 5.28 Å². The first kappa shape index (κ1) is 13.0. The van der Waals surface area contributed by atoms with Gasteiger partial charge in [-0.3, -0.25) is 0 Å². The van der Waals surface area contributed by atoms with Crippen LogP contribution < -0.4 is 5.32 Å². The van der Waals surface area contributed by atoms with Crippen molar-refractivity contribution >= 4 is 28.6 Å². The minimum Gasteiger partial charge on any atom is -0.396 e. The average Bonchev–Trinajstić information content (AvgIpc) is 2.81. The lowest BCUT2D eigenvalue weighted by molar-refractivity contribution is 0.283. The van der Waals surface area contributed by atoms with E-state index in [2.05, 4.69) is 25.3 Å². The molecule has 2 aromatic rings. The maximum absolute atomic E-state index is 8.67. The molecule has 0 radical (unpaired) electrons. The molecule has 3 N–H and O–H groups in total. The molecule has 0 aliphatic rings. The van der Waals surface area contributed by atoms with Crippen LogP contribution >= 0.6 is 11.6 Å². The van der Waals surface area contributed by atoms with Gasteiger partial charge in [0.1, 0.15) is 5.52 Å². The predicted octanol–water partition coefficient (Wildman–Crippen LogP) is 1.97. The Morgan fingerprint density at radius 3 is 2.89 bits per heavy atom. The Kier molecular flexibility index (Phi) is 4.72. The van der Waals surface area contributed by atoms with Crippen molar-refractivity contribution in [3.63, 3.8) is 0 Å². The van der Waals surface area contributed by atoms with Crippen molar-refractivity contribution in [1.82, 2.24) is 19.9 Å². The second kappa shape index (κ2) is 6.51. The van der Waals surface area contributed by atoms with E-state index in [9.17, 15) is 0 Å². The predicted molar refractivity (Wildman–Crippen MR) is 70.7 cm³/mol. The van der Waals surface area contributed by atoms with Crippen LogP contribution in [0, 0.1) is 0 Å². The first-order valence-corrected chi connectivity index (χ1v) is 6.40. The number of unbranched alkanes of at least 4 members (excludes halogenated alkanes) is 3. The van der Waals surface area contributed by atoms with E-state index in [4.69, 9.17) is 16.7 Å². The quantitative estimate of drug-likeness (QED) is 0.528. The maximum Gasteiger partial charge on any atom is 0.226 e. The van der Waals surface area contributed by atoms with Crippen LogP contribution in [0.1, 0.15) is 25.7 Å². The van der Waals surface area contributed by atoms with Crippen LogP contribution in [0.15, 0.2) is 6.33 Å². The Hall–Kier alpha value is -1.40. The summed E-state index contributed by atoms with van der Waals surface area (Å²) in [5.74, 6) is 0.685. The van der Waals surface area contributed by atoms with Crippen molar-refractivity contribution in [2.24, 2.45) is 0 Å². The second-order valence-electron chi connectivity index (χ2n) is 4.01. The van der Waals surface area contributed by atoms with Gasteiger partial charge in [-0.15, -0.1) is 0 Å². The molecule has 0 atom stereocenters. The van der Waals surface area contributed by atoms with Crippen LogP contribution in [0.5, 0.6) is 0 Å². The molecule has 0 unspecified atom stereocenters. The normalized spacial score (nSPS) is 11.0. The zero-order valence-corrected chi connectivity index (χ0v) is 10.7. The smallest absolute Gasteiger partial charge is 0.226 e. The number of nitrogens with one attached hydrogen (secondary N) is 2. The van der Waals surface area contributed by atoms with E-state index < -0.39 is 0 Å². The first-order chi connectivity index (χ1) is 8.81. The number of rotatable bonds is 7. The maximum atomic E-state index is 8.67. The average molecular weight is 270 g/mol. The van der Waals surface area contributed by atoms with Gasteiger partial charge >= 0.3 is 0 Å². The lowest BCUT2D eigenvalue weighted by atomic mass is 10.2. The van der Waals surface area contributed by atoms with Crippen LogP contribution in [-0.2, 0) is 0 Å². The zero-order chi connectivity index (χ0) is 12.8. The molecule has 0 fully saturated rings. The highest BCUT2D eigenvalue weighted by Crippen LogP contribution is 2.18. The number of aromatic nitrogens is 4. The summed E-state index contributed by atoms with van der Waals surface area (Å²) in [6, 6.07) is 0. The summed E-state index contributed by atoms with van der Waals surface area (Å²) in [6.45, 7) is 1.08. The number of anilines is 1. The molecule has 2 rings (SSSR count). The second-order valence-corrected chi connectivity index (χ2v) is 4.35. The van der Waals surface area contributed by atoms with Gasteiger partial charge in [-0.2, -0.15) is 9.97 Å². The first-order valence-electron chi connectivity index (χ1n) is 6.02. The van der Waals surface area contributed by atoms with Crippen LogP contribution in [0.3, 0.4) is 0 Å². The summed E-state index contributed by atoms with van der Waals surface area (Å²) in [4.78, 5) is 15.2. The van der Waals surface area contributed by atoms with Gasteiger partial charge in [0.15, 0.2) is 11.5 Å². The fraction of sp³-hybridized carbons (Fsp3) is 0.545. The van der Waals surface area contributed by atoms with E-state index in [0.717, 1.165) is 37.7 Å². The lowest BCUT2D eigenvalue weighted by Crippen LogP contribution is -2.05. The minimum atomic E-state index is 0.192. The third-order valence-corrected chi connectivity index (χ3v) is 2.80. The number of aliphatic hydroxyl groups is 1. The SMILES string of the molecule is OCCCCCCNc1nc(Cl)nc2nc[nH]c12. The molecule has 0 aromatic carbocycles. The molecule has 2 heterocycles. The minimum absolute atomic E-state index is 0.192. The summed E-state index contributed by atoms with van der Waals surface area (Å²) in [7, 11) is 0. The molecule has 0 saturated carbocycles. The highest BCUT2D eigenvalue weighted by atomic mass is 35.5. The molecular formula is C11H16ClN5O. The van der Waals surface area contributed by atoms with Gasteiger partial charge in [0.25, 0.3) is 0 Å². The van der Waals surface area contributed by atoms with Crippen molar-refractivity contribution in [2.75, 3.05) is 18.5 Å². The van der Waals surface area contributed by atoms with Gasteiger partial charge in [-0.25, -0.2) is 4.98 Å². The van der Waals surface area contributed by atoms with Crippen molar-refractivity contribution < 1.29 is 5.11 Å². The molecule has 0 aliphatic heterocycles. The van der Waals surface area contributed by atoms with E-state index in [1.807, 2.05) is 0 Å². The fourth-order valence-electron chi connectivity index (χ4n) is 1.73. The molecule has 18 heavy (non-hydrogen) atoms. The molecule has 2 aromatic heterocycles. The Labute approximate surface area is 110 Å². The molecule has 0 amide bonds. The van der Waals surface area contributed by atoms with E-state index in [0.29, 0.717) is 11.5 Å². The van der Waals surface area contributed by atoms with Crippen LogP contribution in [-0.4, -0.2) is 38.2 Å². The van der Waals surface area contributed by atoms with Gasteiger partial charge in [-0.1, -0.05) is 12.8 Å². The third-order valence-electron chi connectivity index (χ3n) is 2.64. The number of fused-ring (bicyclic) bond motifs is 1. The van der Waals surface area contributed by atoms with Gasteiger partial charge in [-0.05, 0) is 24.4 Å². The van der Waals surface area contributed by atoms with Gasteiger partial charge < -0.3 is 15.4 Å². The number of halogens is 1. The number of hydrogen-bond acceptors (Lipinski definition) is 5. The number of H-pyrrole nitrogens is 1. The van der Waals surface area contributed by atoms with Crippen molar-refractivity contribution in [1.29, 1.82) is 0 Å². The van der Waals surface area contributed by atoms with Crippen LogP contribution in [0.4, 0.5) is 5.82 Å². The zero-order valence-electron chi connectivity index (χ0n) is 9.99. The van der Waals surface area contributed by atoms with Crippen molar-refractivity contribution in [2.45, 2.75) is 25.7 Å². The van der Waals surface area contributed by atoms with E-state index in [1.54, 1.807) is 6.33 Å². The summed E-state index contributed by atoms with van der Waals surface area (Å²) in [5.41, 5.74) is 1.34. The highest BCUT2D eigenvalue weighted by Gasteiger charge is 2.07. The Morgan fingerprint density at radius 1 is 1.22 bits per heavy atom. The summed E-state index contributed by atoms with van der Waals surface area (Å²) in [6.07, 6.45) is 5.59. The van der Waals surface area contributed by atoms with Crippen molar-refractivity contribution in [3.05, 3.63) is 11.6 Å². The number of aliphatic hydroxyl groups excluding tert-OH is 1. The lowest BCUT2D eigenvalue weighted by Gasteiger charge is -2.06. The van der Waals surface area contributed by atoms with E-state index in [1.165, 1.54) is 0 Å². The van der Waals surface area contributed by atoms with Gasteiger partial charge in [0, 0.05) is 13.2 Å². The number of imidazole rings is 1. The monoisotopic (exact) mass is 269 g/mol. The summed E-state index contributed by atoms with van der Waals surface area (Å²) in [5, 5.41) is 12.1. The summed E-state index contributed by atoms with van der Waals surface area (Å²) < 4.78 is 0. The molecule has 0 aliphatic carbocycles. The van der Waals surface area contributed by atoms with E-state index in [-0.39, 0.29) is 11.9 Å².